The molecule has 0 aromatic heterocycles. The smallest absolute Gasteiger partial charge is 0.273 e. The second-order valence-electron chi connectivity index (χ2n) is 5.63. The first-order valence-corrected chi connectivity index (χ1v) is 7.52. The van der Waals surface area contributed by atoms with E-state index in [0.717, 1.165) is 22.6 Å². The zero-order valence-corrected chi connectivity index (χ0v) is 12.2. The molecule has 0 atom stereocenters. The summed E-state index contributed by atoms with van der Waals surface area (Å²) in [5.74, 6) is -0.914. The molecule has 3 amide bonds. The third-order valence-electron chi connectivity index (χ3n) is 4.07. The number of aliphatic hydroxyl groups excluding tert-OH is 1. The summed E-state index contributed by atoms with van der Waals surface area (Å²) in [6, 6.07) is 5.51. The number of amides is 3. The van der Waals surface area contributed by atoms with E-state index < -0.39 is 0 Å². The largest absolute Gasteiger partial charge is 0.396 e. The van der Waals surface area contributed by atoms with Crippen molar-refractivity contribution in [3.8, 4) is 0 Å². The Labute approximate surface area is 128 Å². The molecule has 2 heterocycles. The van der Waals surface area contributed by atoms with Gasteiger partial charge in [0, 0.05) is 25.0 Å². The summed E-state index contributed by atoms with van der Waals surface area (Å²) in [5.41, 5.74) is 2.41. The van der Waals surface area contributed by atoms with Crippen LogP contribution in [0.25, 0.3) is 0 Å². The Morgan fingerprint density at radius 2 is 1.82 bits per heavy atom. The molecule has 0 aliphatic carbocycles. The summed E-state index contributed by atoms with van der Waals surface area (Å²) >= 11 is 0. The van der Waals surface area contributed by atoms with Gasteiger partial charge in [-0.3, -0.25) is 14.4 Å². The molecule has 0 unspecified atom stereocenters. The van der Waals surface area contributed by atoms with Crippen LogP contribution in [0.3, 0.4) is 0 Å². The van der Waals surface area contributed by atoms with Crippen LogP contribution in [0.15, 0.2) is 18.2 Å². The fourth-order valence-corrected chi connectivity index (χ4v) is 2.97. The zero-order valence-electron chi connectivity index (χ0n) is 12.2. The third-order valence-corrected chi connectivity index (χ3v) is 4.07. The normalized spacial score (nSPS) is 18.1. The van der Waals surface area contributed by atoms with Gasteiger partial charge in [0.15, 0.2) is 0 Å². The molecule has 1 aromatic carbocycles. The number of hydrazine groups is 1. The lowest BCUT2D eigenvalue weighted by atomic mass is 10.0. The topological polar surface area (TPSA) is 77.9 Å². The molecule has 6 nitrogen and oxygen atoms in total. The molecular weight excluding hydrogens is 284 g/mol. The molecule has 22 heavy (non-hydrogen) atoms. The Morgan fingerprint density at radius 3 is 2.50 bits per heavy atom. The van der Waals surface area contributed by atoms with Gasteiger partial charge in [-0.1, -0.05) is 12.1 Å². The van der Waals surface area contributed by atoms with Crippen LogP contribution >= 0.6 is 0 Å². The molecule has 1 N–H and O–H groups in total. The molecule has 1 fully saturated rings. The van der Waals surface area contributed by atoms with Crippen molar-refractivity contribution < 1.29 is 19.5 Å². The first-order valence-electron chi connectivity index (χ1n) is 7.52. The van der Waals surface area contributed by atoms with Gasteiger partial charge in [0.1, 0.15) is 0 Å². The van der Waals surface area contributed by atoms with Crippen LogP contribution < -0.4 is 0 Å². The number of carbonyl (C=O) groups is 3. The maximum absolute atomic E-state index is 12.5. The van der Waals surface area contributed by atoms with Gasteiger partial charge in [0.05, 0.1) is 6.54 Å². The average molecular weight is 302 g/mol. The van der Waals surface area contributed by atoms with E-state index in [0.29, 0.717) is 31.2 Å². The first-order chi connectivity index (χ1) is 10.6. The maximum Gasteiger partial charge on any atom is 0.273 e. The minimum Gasteiger partial charge on any atom is -0.396 e. The van der Waals surface area contributed by atoms with Crippen molar-refractivity contribution in [3.05, 3.63) is 34.9 Å². The van der Waals surface area contributed by atoms with Gasteiger partial charge in [0.2, 0.25) is 11.8 Å². The Kier molecular flexibility index (Phi) is 3.94. The van der Waals surface area contributed by atoms with Crippen LogP contribution in [0.1, 0.15) is 47.2 Å². The number of hydrogen-bond acceptors (Lipinski definition) is 4. The van der Waals surface area contributed by atoms with E-state index in [2.05, 4.69) is 0 Å². The third kappa shape index (κ3) is 2.50. The van der Waals surface area contributed by atoms with Crippen molar-refractivity contribution in [2.24, 2.45) is 0 Å². The second kappa shape index (κ2) is 5.88. The summed E-state index contributed by atoms with van der Waals surface area (Å²) < 4.78 is 0. The SMILES string of the molecule is O=C1c2ccc(CCCO)cc2CN1N1C(=O)CCCC1=O. The van der Waals surface area contributed by atoms with Crippen LogP contribution in [-0.2, 0) is 22.6 Å². The number of piperidine rings is 1. The Hall–Kier alpha value is -2.21. The van der Waals surface area contributed by atoms with Gasteiger partial charge < -0.3 is 5.11 Å². The van der Waals surface area contributed by atoms with E-state index in [-0.39, 0.29) is 30.9 Å². The first kappa shape index (κ1) is 14.7. The standard InChI is InChI=1S/C16H18N2O4/c19-8-2-3-11-6-7-13-12(9-11)10-17(16(13)22)18-14(20)4-1-5-15(18)21/h6-7,9,19H,1-5,8,10H2. The van der Waals surface area contributed by atoms with E-state index in [4.69, 9.17) is 5.11 Å². The average Bonchev–Trinajstić information content (AvgIpc) is 2.82. The number of rotatable bonds is 4. The highest BCUT2D eigenvalue weighted by Gasteiger charge is 2.39. The number of benzene rings is 1. The van der Waals surface area contributed by atoms with E-state index in [1.807, 2.05) is 12.1 Å². The zero-order chi connectivity index (χ0) is 15.7. The quantitative estimate of drug-likeness (QED) is 0.842. The van der Waals surface area contributed by atoms with Crippen LogP contribution in [0.4, 0.5) is 0 Å². The minimum absolute atomic E-state index is 0.124. The molecule has 116 valence electrons. The van der Waals surface area contributed by atoms with Crippen molar-refractivity contribution >= 4 is 17.7 Å². The Bertz CT molecular complexity index is 625. The Balaban J connectivity index is 1.84. The number of hydrogen-bond donors (Lipinski definition) is 1. The van der Waals surface area contributed by atoms with Crippen molar-refractivity contribution in [1.29, 1.82) is 0 Å². The second-order valence-corrected chi connectivity index (χ2v) is 5.63. The maximum atomic E-state index is 12.5. The van der Waals surface area contributed by atoms with Crippen LogP contribution in [-0.4, -0.2) is 39.5 Å². The fraction of sp³-hybridized carbons (Fsp3) is 0.438. The summed E-state index contributed by atoms with van der Waals surface area (Å²) in [7, 11) is 0. The van der Waals surface area contributed by atoms with Gasteiger partial charge >= 0.3 is 0 Å². The number of nitrogens with zero attached hydrogens (tertiary/aromatic N) is 2. The summed E-state index contributed by atoms with van der Waals surface area (Å²) in [6.07, 6.45) is 2.55. The molecule has 0 radical (unpaired) electrons. The number of aliphatic hydroxyl groups is 1. The molecule has 1 aromatic rings. The van der Waals surface area contributed by atoms with Gasteiger partial charge in [0.25, 0.3) is 5.91 Å². The molecule has 2 aliphatic rings. The van der Waals surface area contributed by atoms with Gasteiger partial charge in [-0.2, -0.15) is 5.01 Å². The predicted molar refractivity (Wildman–Crippen MR) is 77.4 cm³/mol. The minimum atomic E-state index is -0.307. The van der Waals surface area contributed by atoms with Gasteiger partial charge in [-0.05, 0) is 36.5 Å². The van der Waals surface area contributed by atoms with E-state index in [9.17, 15) is 14.4 Å². The van der Waals surface area contributed by atoms with E-state index >= 15 is 0 Å². The summed E-state index contributed by atoms with van der Waals surface area (Å²) in [4.78, 5) is 36.4. The lowest BCUT2D eigenvalue weighted by Gasteiger charge is -2.32. The van der Waals surface area contributed by atoms with Crippen LogP contribution in [0.2, 0.25) is 0 Å². The molecule has 1 saturated heterocycles. The molecular formula is C16H18N2O4. The lowest BCUT2D eigenvalue weighted by Crippen LogP contribution is -2.51. The fourth-order valence-electron chi connectivity index (χ4n) is 2.97. The molecule has 2 aliphatic heterocycles. The molecule has 0 bridgehead atoms. The molecule has 6 heteroatoms. The van der Waals surface area contributed by atoms with Gasteiger partial charge in [-0.25, -0.2) is 5.01 Å². The highest BCUT2D eigenvalue weighted by molar-refractivity contribution is 6.04. The predicted octanol–water partition coefficient (Wildman–Crippen LogP) is 1.02. The van der Waals surface area contributed by atoms with Crippen molar-refractivity contribution in [2.45, 2.75) is 38.6 Å². The summed E-state index contributed by atoms with van der Waals surface area (Å²) in [6.45, 7) is 0.373. The number of carbonyl (C=O) groups excluding carboxylic acids is 3. The Morgan fingerprint density at radius 1 is 1.09 bits per heavy atom. The van der Waals surface area contributed by atoms with Gasteiger partial charge in [-0.15, -0.1) is 0 Å². The molecule has 3 rings (SSSR count). The number of fused-ring (bicyclic) bond motifs is 1. The van der Waals surface area contributed by atoms with Crippen molar-refractivity contribution in [1.82, 2.24) is 10.0 Å². The number of aryl methyl sites for hydroxylation is 1. The highest BCUT2D eigenvalue weighted by atomic mass is 16.3. The highest BCUT2D eigenvalue weighted by Crippen LogP contribution is 2.28. The van der Waals surface area contributed by atoms with Crippen LogP contribution in [0.5, 0.6) is 0 Å². The van der Waals surface area contributed by atoms with Crippen molar-refractivity contribution in [2.75, 3.05) is 6.61 Å². The lowest BCUT2D eigenvalue weighted by molar-refractivity contribution is -0.163. The molecule has 0 spiro atoms. The summed E-state index contributed by atoms with van der Waals surface area (Å²) in [5, 5.41) is 11.2. The molecule has 0 saturated carbocycles. The van der Waals surface area contributed by atoms with E-state index in [1.165, 1.54) is 5.01 Å². The number of imide groups is 1. The van der Waals surface area contributed by atoms with Crippen LogP contribution in [0, 0.1) is 0 Å². The van der Waals surface area contributed by atoms with E-state index in [1.54, 1.807) is 6.07 Å². The van der Waals surface area contributed by atoms with Crippen molar-refractivity contribution in [3.63, 3.8) is 0 Å². The monoisotopic (exact) mass is 302 g/mol.